The van der Waals surface area contributed by atoms with Gasteiger partial charge in [-0.1, -0.05) is 25.0 Å². The lowest BCUT2D eigenvalue weighted by molar-refractivity contribution is -0.113. The lowest BCUT2D eigenvalue weighted by atomic mass is 9.78. The Bertz CT molecular complexity index is 515. The van der Waals surface area contributed by atoms with Gasteiger partial charge < -0.3 is 9.84 Å². The zero-order valence-corrected chi connectivity index (χ0v) is 13.6. The number of aryl methyl sites for hydroxylation is 3. The quantitative estimate of drug-likeness (QED) is 0.875. The first kappa shape index (κ1) is 15.1. The van der Waals surface area contributed by atoms with Crippen LogP contribution in [0.15, 0.2) is 12.1 Å². The second-order valence-electron chi connectivity index (χ2n) is 7.23. The van der Waals surface area contributed by atoms with Crippen molar-refractivity contribution in [1.29, 1.82) is 0 Å². The van der Waals surface area contributed by atoms with E-state index in [1.165, 1.54) is 42.4 Å². The largest absolute Gasteiger partial charge is 0.388 e. The molecule has 1 saturated heterocycles. The molecule has 1 N–H and O–H groups in total. The van der Waals surface area contributed by atoms with Gasteiger partial charge in [0.25, 0.3) is 0 Å². The van der Waals surface area contributed by atoms with E-state index in [0.29, 0.717) is 5.92 Å². The molecule has 2 heteroatoms. The molecule has 2 nitrogen and oxygen atoms in total. The van der Waals surface area contributed by atoms with Crippen molar-refractivity contribution < 1.29 is 9.84 Å². The van der Waals surface area contributed by atoms with Crippen molar-refractivity contribution in [2.45, 2.75) is 71.0 Å². The smallest absolute Gasteiger partial charge is 0.0822 e. The number of aliphatic hydroxyl groups is 1. The van der Waals surface area contributed by atoms with Crippen molar-refractivity contribution in [3.8, 4) is 0 Å². The molecule has 116 valence electrons. The maximum Gasteiger partial charge on any atom is 0.0822 e. The zero-order chi connectivity index (χ0) is 15.0. The highest BCUT2D eigenvalue weighted by atomic mass is 16.5. The molecule has 1 aromatic rings. The van der Waals surface area contributed by atoms with E-state index in [9.17, 15) is 5.11 Å². The molecule has 1 saturated carbocycles. The van der Waals surface area contributed by atoms with Crippen LogP contribution in [-0.2, 0) is 4.74 Å². The molecule has 0 radical (unpaired) electrons. The third kappa shape index (κ3) is 2.89. The van der Waals surface area contributed by atoms with Crippen LogP contribution >= 0.6 is 0 Å². The molecular formula is C19H28O2. The molecular weight excluding hydrogens is 260 g/mol. The van der Waals surface area contributed by atoms with Gasteiger partial charge in [0.05, 0.1) is 11.7 Å². The molecule has 0 amide bonds. The fraction of sp³-hybridized carbons (Fsp3) is 0.684. The van der Waals surface area contributed by atoms with Crippen molar-refractivity contribution in [2.75, 3.05) is 6.61 Å². The summed E-state index contributed by atoms with van der Waals surface area (Å²) in [5, 5.41) is 10.9. The Balaban J connectivity index is 1.81. The Hall–Kier alpha value is -0.860. The summed E-state index contributed by atoms with van der Waals surface area (Å²) >= 11 is 0. The molecule has 3 rings (SSSR count). The van der Waals surface area contributed by atoms with Crippen molar-refractivity contribution in [3.63, 3.8) is 0 Å². The lowest BCUT2D eigenvalue weighted by Gasteiger charge is -2.40. The summed E-state index contributed by atoms with van der Waals surface area (Å²) in [6.45, 7) is 7.20. The normalized spacial score (nSPS) is 26.2. The Kier molecular flexibility index (Phi) is 4.11. The van der Waals surface area contributed by atoms with E-state index in [4.69, 9.17) is 4.74 Å². The average Bonchev–Trinajstić information content (AvgIpc) is 2.90. The number of rotatable bonds is 2. The molecule has 0 aromatic heterocycles. The van der Waals surface area contributed by atoms with E-state index in [2.05, 4.69) is 32.9 Å². The molecule has 2 atom stereocenters. The van der Waals surface area contributed by atoms with Crippen LogP contribution in [0.5, 0.6) is 0 Å². The van der Waals surface area contributed by atoms with Crippen LogP contribution in [0.3, 0.4) is 0 Å². The first-order valence-corrected chi connectivity index (χ1v) is 8.40. The molecule has 2 aliphatic rings. The minimum atomic E-state index is -0.342. The SMILES string of the molecule is Cc1cc(C)c(C(O)C2CCOC3(CCCC3)C2)cc1C. The molecule has 2 unspecified atom stereocenters. The first-order valence-electron chi connectivity index (χ1n) is 8.40. The number of hydrogen-bond donors (Lipinski definition) is 1. The number of hydrogen-bond acceptors (Lipinski definition) is 2. The van der Waals surface area contributed by atoms with E-state index in [1.54, 1.807) is 0 Å². The van der Waals surface area contributed by atoms with E-state index >= 15 is 0 Å². The van der Waals surface area contributed by atoms with Crippen molar-refractivity contribution in [1.82, 2.24) is 0 Å². The highest BCUT2D eigenvalue weighted by molar-refractivity contribution is 5.38. The Labute approximate surface area is 128 Å². The van der Waals surface area contributed by atoms with Crippen LogP contribution in [0.1, 0.15) is 66.9 Å². The average molecular weight is 288 g/mol. The highest BCUT2D eigenvalue weighted by Crippen LogP contribution is 2.45. The third-order valence-corrected chi connectivity index (χ3v) is 5.69. The summed E-state index contributed by atoms with van der Waals surface area (Å²) in [5.74, 6) is 0.345. The second kappa shape index (κ2) is 5.73. The summed E-state index contributed by atoms with van der Waals surface area (Å²) in [6, 6.07) is 4.39. The topological polar surface area (TPSA) is 29.5 Å². The fourth-order valence-electron chi connectivity index (χ4n) is 4.26. The molecule has 0 bridgehead atoms. The zero-order valence-electron chi connectivity index (χ0n) is 13.6. The number of benzene rings is 1. The van der Waals surface area contributed by atoms with Gasteiger partial charge in [0, 0.05) is 6.61 Å². The van der Waals surface area contributed by atoms with Crippen LogP contribution in [0, 0.1) is 26.7 Å². The minimum Gasteiger partial charge on any atom is -0.388 e. The number of aliphatic hydroxyl groups excluding tert-OH is 1. The lowest BCUT2D eigenvalue weighted by Crippen LogP contribution is -2.39. The maximum atomic E-state index is 10.9. The predicted octanol–water partition coefficient (Wildman–Crippen LogP) is 4.38. The summed E-state index contributed by atoms with van der Waals surface area (Å²) in [6.07, 6.45) is 6.60. The van der Waals surface area contributed by atoms with Crippen molar-refractivity contribution in [2.24, 2.45) is 5.92 Å². The molecule has 1 aromatic carbocycles. The van der Waals surface area contributed by atoms with Crippen LogP contribution in [0.4, 0.5) is 0 Å². The van der Waals surface area contributed by atoms with Crippen LogP contribution in [-0.4, -0.2) is 17.3 Å². The van der Waals surface area contributed by atoms with Gasteiger partial charge in [-0.3, -0.25) is 0 Å². The third-order valence-electron chi connectivity index (χ3n) is 5.69. The summed E-state index contributed by atoms with van der Waals surface area (Å²) in [7, 11) is 0. The van der Waals surface area contributed by atoms with E-state index in [1.807, 2.05) is 0 Å². The maximum absolute atomic E-state index is 10.9. The Morgan fingerprint density at radius 3 is 2.48 bits per heavy atom. The van der Waals surface area contributed by atoms with Gasteiger partial charge in [0.15, 0.2) is 0 Å². The highest BCUT2D eigenvalue weighted by Gasteiger charge is 2.42. The predicted molar refractivity (Wildman–Crippen MR) is 85.5 cm³/mol. The van der Waals surface area contributed by atoms with Crippen LogP contribution < -0.4 is 0 Å². The molecule has 1 spiro atoms. The van der Waals surface area contributed by atoms with E-state index in [0.717, 1.165) is 25.0 Å². The second-order valence-corrected chi connectivity index (χ2v) is 7.23. The van der Waals surface area contributed by atoms with Crippen LogP contribution in [0.2, 0.25) is 0 Å². The van der Waals surface area contributed by atoms with Gasteiger partial charge in [0.2, 0.25) is 0 Å². The van der Waals surface area contributed by atoms with Gasteiger partial charge in [-0.2, -0.15) is 0 Å². The molecule has 1 aliphatic carbocycles. The monoisotopic (exact) mass is 288 g/mol. The summed E-state index contributed by atoms with van der Waals surface area (Å²) < 4.78 is 6.10. The molecule has 2 fully saturated rings. The van der Waals surface area contributed by atoms with Crippen LogP contribution in [0.25, 0.3) is 0 Å². The van der Waals surface area contributed by atoms with Crippen molar-refractivity contribution in [3.05, 3.63) is 34.4 Å². The number of ether oxygens (including phenoxy) is 1. The van der Waals surface area contributed by atoms with Gasteiger partial charge >= 0.3 is 0 Å². The first-order chi connectivity index (χ1) is 10.0. The Morgan fingerprint density at radius 2 is 1.76 bits per heavy atom. The van der Waals surface area contributed by atoms with Gasteiger partial charge in [-0.25, -0.2) is 0 Å². The molecule has 21 heavy (non-hydrogen) atoms. The van der Waals surface area contributed by atoms with E-state index in [-0.39, 0.29) is 11.7 Å². The molecule has 1 aliphatic heterocycles. The van der Waals surface area contributed by atoms with Gasteiger partial charge in [0.1, 0.15) is 0 Å². The standard InChI is InChI=1S/C19H28O2/c1-13-10-15(3)17(11-14(13)2)18(20)16-6-9-21-19(12-16)7-4-5-8-19/h10-11,16,18,20H,4-9,12H2,1-3H3. The molecule has 1 heterocycles. The van der Waals surface area contributed by atoms with Gasteiger partial charge in [-0.05, 0) is 74.6 Å². The summed E-state index contributed by atoms with van der Waals surface area (Å²) in [4.78, 5) is 0. The van der Waals surface area contributed by atoms with Crippen molar-refractivity contribution >= 4 is 0 Å². The van der Waals surface area contributed by atoms with E-state index < -0.39 is 0 Å². The summed E-state index contributed by atoms with van der Waals surface area (Å²) in [5.41, 5.74) is 5.01. The Morgan fingerprint density at radius 1 is 1.10 bits per heavy atom. The fourth-order valence-corrected chi connectivity index (χ4v) is 4.26. The minimum absolute atomic E-state index is 0.0809. The van der Waals surface area contributed by atoms with Gasteiger partial charge in [-0.15, -0.1) is 0 Å².